The number of aliphatic carboxylic acids is 1. The first-order valence-electron chi connectivity index (χ1n) is 6.40. The van der Waals surface area contributed by atoms with E-state index in [2.05, 4.69) is 6.92 Å². The Balaban J connectivity index is 2.42. The molecule has 1 saturated heterocycles. The number of carboxylic acid groups (broad SMARTS) is 1. The predicted molar refractivity (Wildman–Crippen MR) is 72.3 cm³/mol. The lowest BCUT2D eigenvalue weighted by atomic mass is 9.96. The van der Waals surface area contributed by atoms with Crippen molar-refractivity contribution in [3.05, 3.63) is 0 Å². The molecule has 0 aromatic heterocycles. The van der Waals surface area contributed by atoms with Crippen LogP contribution in [-0.4, -0.2) is 46.1 Å². The highest BCUT2D eigenvalue weighted by atomic mass is 32.2. The van der Waals surface area contributed by atoms with E-state index >= 15 is 0 Å². The van der Waals surface area contributed by atoms with Crippen LogP contribution in [0.25, 0.3) is 0 Å². The minimum Gasteiger partial charge on any atom is -0.480 e. The summed E-state index contributed by atoms with van der Waals surface area (Å²) < 4.78 is 0. The molecule has 0 spiro atoms. The van der Waals surface area contributed by atoms with Gasteiger partial charge in [0.2, 0.25) is 5.91 Å². The van der Waals surface area contributed by atoms with Gasteiger partial charge in [-0.25, -0.2) is 4.79 Å². The molecule has 0 radical (unpaired) electrons. The monoisotopic (exact) mass is 274 g/mol. The van der Waals surface area contributed by atoms with Crippen LogP contribution in [0.15, 0.2) is 0 Å². The molecule has 0 saturated carbocycles. The van der Waals surface area contributed by atoms with Crippen molar-refractivity contribution >= 4 is 23.6 Å². The fourth-order valence-corrected chi connectivity index (χ4v) is 3.32. The number of carbonyl (C=O) groups excluding carboxylic acids is 1. The lowest BCUT2D eigenvalue weighted by Gasteiger charge is -2.21. The number of hydrogen-bond acceptors (Lipinski definition) is 4. The van der Waals surface area contributed by atoms with Gasteiger partial charge in [-0.15, -0.1) is 11.8 Å². The summed E-state index contributed by atoms with van der Waals surface area (Å²) >= 11 is 1.50. The summed E-state index contributed by atoms with van der Waals surface area (Å²) in [5, 5.41) is 9.02. The predicted octanol–water partition coefficient (Wildman–Crippen LogP) is 1.13. The summed E-state index contributed by atoms with van der Waals surface area (Å²) in [5.41, 5.74) is 5.52. The molecule has 3 N–H and O–H groups in total. The van der Waals surface area contributed by atoms with Crippen LogP contribution in [0.4, 0.5) is 0 Å². The van der Waals surface area contributed by atoms with Crippen molar-refractivity contribution in [1.29, 1.82) is 0 Å². The molecule has 1 fully saturated rings. The second-order valence-electron chi connectivity index (χ2n) is 4.61. The maximum atomic E-state index is 12.0. The first-order valence-corrected chi connectivity index (χ1v) is 7.55. The van der Waals surface area contributed by atoms with Gasteiger partial charge in [-0.2, -0.15) is 0 Å². The van der Waals surface area contributed by atoms with Crippen LogP contribution in [0.3, 0.4) is 0 Å². The van der Waals surface area contributed by atoms with Gasteiger partial charge in [0.25, 0.3) is 0 Å². The summed E-state index contributed by atoms with van der Waals surface area (Å²) in [6.07, 6.45) is 3.19. The van der Waals surface area contributed by atoms with Crippen molar-refractivity contribution in [2.75, 3.05) is 18.2 Å². The Bertz CT molecular complexity index is 299. The molecular weight excluding hydrogens is 252 g/mol. The topological polar surface area (TPSA) is 83.6 Å². The first-order chi connectivity index (χ1) is 8.60. The highest BCUT2D eigenvalue weighted by Gasteiger charge is 2.34. The van der Waals surface area contributed by atoms with Crippen LogP contribution in [0.1, 0.15) is 32.6 Å². The van der Waals surface area contributed by atoms with Crippen LogP contribution < -0.4 is 5.73 Å². The van der Waals surface area contributed by atoms with E-state index in [9.17, 15) is 9.59 Å². The zero-order valence-corrected chi connectivity index (χ0v) is 11.6. The zero-order valence-electron chi connectivity index (χ0n) is 10.8. The third-order valence-electron chi connectivity index (χ3n) is 3.41. The van der Waals surface area contributed by atoms with Gasteiger partial charge in [0.1, 0.15) is 6.04 Å². The fraction of sp³-hybridized carbons (Fsp3) is 0.833. The lowest BCUT2D eigenvalue weighted by molar-refractivity contribution is -0.147. The van der Waals surface area contributed by atoms with Gasteiger partial charge in [-0.1, -0.05) is 13.3 Å². The quantitative estimate of drug-likeness (QED) is 0.727. The maximum Gasteiger partial charge on any atom is 0.327 e. The van der Waals surface area contributed by atoms with E-state index in [0.717, 1.165) is 19.3 Å². The maximum absolute atomic E-state index is 12.0. The summed E-state index contributed by atoms with van der Waals surface area (Å²) in [7, 11) is 0. The Morgan fingerprint density at radius 3 is 2.78 bits per heavy atom. The summed E-state index contributed by atoms with van der Waals surface area (Å²) in [4.78, 5) is 24.5. The Morgan fingerprint density at radius 1 is 1.50 bits per heavy atom. The third-order valence-corrected chi connectivity index (χ3v) is 4.42. The highest BCUT2D eigenvalue weighted by Crippen LogP contribution is 2.23. The zero-order chi connectivity index (χ0) is 13.5. The number of amides is 1. The summed E-state index contributed by atoms with van der Waals surface area (Å²) in [6, 6.07) is -0.642. The van der Waals surface area contributed by atoms with Gasteiger partial charge in [0, 0.05) is 12.2 Å². The van der Waals surface area contributed by atoms with E-state index in [1.165, 1.54) is 16.7 Å². The normalized spacial score (nSPS) is 21.0. The first kappa shape index (κ1) is 15.3. The third kappa shape index (κ3) is 4.17. The Hall–Kier alpha value is -0.750. The van der Waals surface area contributed by atoms with Crippen molar-refractivity contribution < 1.29 is 14.7 Å². The number of thioether (sulfide) groups is 1. The minimum absolute atomic E-state index is 0.0390. The van der Waals surface area contributed by atoms with Gasteiger partial charge in [0.15, 0.2) is 0 Å². The summed E-state index contributed by atoms with van der Waals surface area (Å²) in [5.74, 6) is 0.535. The van der Waals surface area contributed by atoms with E-state index in [-0.39, 0.29) is 5.91 Å². The van der Waals surface area contributed by atoms with Gasteiger partial charge < -0.3 is 15.7 Å². The highest BCUT2D eigenvalue weighted by molar-refractivity contribution is 7.99. The molecule has 0 aromatic carbocycles. The van der Waals surface area contributed by atoms with Crippen LogP contribution in [0, 0.1) is 5.92 Å². The molecule has 2 unspecified atom stereocenters. The Labute approximate surface area is 112 Å². The van der Waals surface area contributed by atoms with E-state index in [4.69, 9.17) is 10.8 Å². The molecule has 5 nitrogen and oxygen atoms in total. The summed E-state index contributed by atoms with van der Waals surface area (Å²) in [6.45, 7) is 2.74. The van der Waals surface area contributed by atoms with Crippen molar-refractivity contribution in [2.24, 2.45) is 11.7 Å². The van der Waals surface area contributed by atoms with Crippen molar-refractivity contribution in [3.8, 4) is 0 Å². The van der Waals surface area contributed by atoms with Crippen LogP contribution in [0.5, 0.6) is 0 Å². The van der Waals surface area contributed by atoms with Gasteiger partial charge in [-0.05, 0) is 25.3 Å². The lowest BCUT2D eigenvalue weighted by Crippen LogP contribution is -2.41. The van der Waals surface area contributed by atoms with Crippen LogP contribution in [0.2, 0.25) is 0 Å². The number of rotatable bonds is 7. The van der Waals surface area contributed by atoms with Gasteiger partial charge >= 0.3 is 5.97 Å². The molecule has 18 heavy (non-hydrogen) atoms. The molecule has 1 rings (SSSR count). The average molecular weight is 274 g/mol. The number of hydrogen-bond donors (Lipinski definition) is 2. The standard InChI is InChI=1S/C12H22N2O3S/c1-2-9(5-6-13)3-4-11(15)14-8-18-7-10(14)12(16)17/h9-10H,2-8,13H2,1H3,(H,16,17). The van der Waals surface area contributed by atoms with E-state index < -0.39 is 12.0 Å². The van der Waals surface area contributed by atoms with E-state index in [0.29, 0.717) is 30.5 Å². The number of nitrogens with two attached hydrogens (primary N) is 1. The molecule has 1 amide bonds. The van der Waals surface area contributed by atoms with Crippen molar-refractivity contribution in [1.82, 2.24) is 4.90 Å². The molecule has 6 heteroatoms. The number of carboxylic acids is 1. The van der Waals surface area contributed by atoms with Crippen molar-refractivity contribution in [3.63, 3.8) is 0 Å². The van der Waals surface area contributed by atoms with E-state index in [1.807, 2.05) is 0 Å². The molecular formula is C12H22N2O3S. The van der Waals surface area contributed by atoms with Gasteiger partial charge in [0.05, 0.1) is 5.88 Å². The molecule has 1 heterocycles. The molecule has 2 atom stereocenters. The fourth-order valence-electron chi connectivity index (χ4n) is 2.15. The molecule has 0 aromatic rings. The van der Waals surface area contributed by atoms with Crippen molar-refractivity contribution in [2.45, 2.75) is 38.6 Å². The Kier molecular flexibility index (Phi) is 6.49. The number of carbonyl (C=O) groups is 2. The molecule has 104 valence electrons. The molecule has 1 aliphatic heterocycles. The smallest absolute Gasteiger partial charge is 0.327 e. The van der Waals surface area contributed by atoms with Crippen LogP contribution >= 0.6 is 11.8 Å². The second kappa shape index (κ2) is 7.63. The SMILES string of the molecule is CCC(CCN)CCC(=O)N1CSCC1C(=O)O. The molecule has 0 aliphatic carbocycles. The Morgan fingerprint density at radius 2 is 2.22 bits per heavy atom. The van der Waals surface area contributed by atoms with Crippen LogP contribution in [-0.2, 0) is 9.59 Å². The van der Waals surface area contributed by atoms with Gasteiger partial charge in [-0.3, -0.25) is 4.79 Å². The largest absolute Gasteiger partial charge is 0.480 e. The molecule has 0 bridgehead atoms. The van der Waals surface area contributed by atoms with E-state index in [1.54, 1.807) is 0 Å². The minimum atomic E-state index is -0.901. The molecule has 1 aliphatic rings. The number of nitrogens with zero attached hydrogens (tertiary/aromatic N) is 1. The average Bonchev–Trinajstić information content (AvgIpc) is 2.83. The second-order valence-corrected chi connectivity index (χ2v) is 5.61.